The Kier molecular flexibility index (Phi) is 5.46. The summed E-state index contributed by atoms with van der Waals surface area (Å²) < 4.78 is 4.86. The van der Waals surface area contributed by atoms with E-state index in [1.165, 1.54) is 0 Å². The topological polar surface area (TPSA) is 38.3 Å². The third-order valence-corrected chi connectivity index (χ3v) is 0.841. The molecule has 0 spiro atoms. The molecule has 0 saturated heterocycles. The normalized spacial score (nSPS) is 9.56. The van der Waals surface area contributed by atoms with Crippen LogP contribution in [0.1, 0.15) is 6.92 Å². The SMILES string of the molecule is CCOCC(=O)CNC. The maximum atomic E-state index is 10.6. The van der Waals surface area contributed by atoms with Crippen LogP contribution in [0.15, 0.2) is 0 Å². The van der Waals surface area contributed by atoms with E-state index in [-0.39, 0.29) is 12.4 Å². The van der Waals surface area contributed by atoms with Gasteiger partial charge in [0.2, 0.25) is 0 Å². The molecule has 0 bridgehead atoms. The Morgan fingerprint density at radius 1 is 1.67 bits per heavy atom. The van der Waals surface area contributed by atoms with Gasteiger partial charge in [-0.05, 0) is 14.0 Å². The molecule has 54 valence electrons. The summed E-state index contributed by atoms with van der Waals surface area (Å²) in [6.07, 6.45) is 0. The van der Waals surface area contributed by atoms with Crippen LogP contribution in [-0.4, -0.2) is 32.6 Å². The van der Waals surface area contributed by atoms with Crippen LogP contribution in [0.3, 0.4) is 0 Å². The van der Waals surface area contributed by atoms with E-state index in [1.54, 1.807) is 7.05 Å². The Morgan fingerprint density at radius 3 is 2.78 bits per heavy atom. The molecule has 0 aromatic carbocycles. The second-order valence-corrected chi connectivity index (χ2v) is 1.71. The Bertz CT molecular complexity index is 83.1. The van der Waals surface area contributed by atoms with Crippen molar-refractivity contribution >= 4 is 5.78 Å². The number of hydrogen-bond acceptors (Lipinski definition) is 3. The molecule has 1 N–H and O–H groups in total. The van der Waals surface area contributed by atoms with Crippen molar-refractivity contribution in [1.29, 1.82) is 0 Å². The summed E-state index contributed by atoms with van der Waals surface area (Å²) in [7, 11) is 1.74. The van der Waals surface area contributed by atoms with Crippen molar-refractivity contribution < 1.29 is 9.53 Å². The predicted octanol–water partition coefficient (Wildman–Crippen LogP) is -0.189. The smallest absolute Gasteiger partial charge is 0.172 e. The average Bonchev–Trinajstić information content (AvgIpc) is 1.85. The molecular formula is C6H13NO2. The molecule has 0 saturated carbocycles. The molecule has 3 nitrogen and oxygen atoms in total. The number of carbonyl (C=O) groups excluding carboxylic acids is 1. The lowest BCUT2D eigenvalue weighted by Crippen LogP contribution is -2.22. The standard InChI is InChI=1S/C6H13NO2/c1-3-9-5-6(8)4-7-2/h7H,3-5H2,1-2H3. The lowest BCUT2D eigenvalue weighted by Gasteiger charge is -1.97. The average molecular weight is 131 g/mol. The van der Waals surface area contributed by atoms with Gasteiger partial charge in [-0.1, -0.05) is 0 Å². The van der Waals surface area contributed by atoms with Gasteiger partial charge in [0, 0.05) is 6.61 Å². The van der Waals surface area contributed by atoms with Crippen LogP contribution >= 0.6 is 0 Å². The molecule has 0 atom stereocenters. The summed E-state index contributed by atoms with van der Waals surface area (Å²) in [5, 5.41) is 2.75. The van der Waals surface area contributed by atoms with E-state index < -0.39 is 0 Å². The minimum absolute atomic E-state index is 0.0966. The maximum Gasteiger partial charge on any atom is 0.172 e. The molecule has 0 aliphatic heterocycles. The predicted molar refractivity (Wildman–Crippen MR) is 35.4 cm³/mol. The number of ether oxygens (including phenoxy) is 1. The van der Waals surface area contributed by atoms with Crippen molar-refractivity contribution in [2.24, 2.45) is 0 Å². The number of rotatable bonds is 5. The van der Waals surface area contributed by atoms with Gasteiger partial charge in [0.05, 0.1) is 6.54 Å². The van der Waals surface area contributed by atoms with Crippen molar-refractivity contribution in [2.75, 3.05) is 26.8 Å². The van der Waals surface area contributed by atoms with Crippen molar-refractivity contribution in [2.45, 2.75) is 6.92 Å². The van der Waals surface area contributed by atoms with Gasteiger partial charge < -0.3 is 10.1 Å². The van der Waals surface area contributed by atoms with E-state index in [1.807, 2.05) is 6.92 Å². The van der Waals surface area contributed by atoms with E-state index in [4.69, 9.17) is 4.74 Å². The third-order valence-electron chi connectivity index (χ3n) is 0.841. The molecule has 0 rings (SSSR count). The van der Waals surface area contributed by atoms with Crippen LogP contribution in [0, 0.1) is 0 Å². The molecular weight excluding hydrogens is 118 g/mol. The molecule has 0 fully saturated rings. The molecule has 0 aromatic rings. The van der Waals surface area contributed by atoms with Gasteiger partial charge in [0.15, 0.2) is 5.78 Å². The van der Waals surface area contributed by atoms with Gasteiger partial charge in [-0.2, -0.15) is 0 Å². The first kappa shape index (κ1) is 8.59. The van der Waals surface area contributed by atoms with Crippen molar-refractivity contribution in [3.63, 3.8) is 0 Å². The molecule has 9 heavy (non-hydrogen) atoms. The van der Waals surface area contributed by atoms with Crippen molar-refractivity contribution in [1.82, 2.24) is 5.32 Å². The highest BCUT2D eigenvalue weighted by Gasteiger charge is 1.96. The van der Waals surface area contributed by atoms with E-state index in [0.717, 1.165) is 0 Å². The molecule has 0 unspecified atom stereocenters. The van der Waals surface area contributed by atoms with Gasteiger partial charge >= 0.3 is 0 Å². The fraction of sp³-hybridized carbons (Fsp3) is 0.833. The second-order valence-electron chi connectivity index (χ2n) is 1.71. The monoisotopic (exact) mass is 131 g/mol. The van der Waals surface area contributed by atoms with Crippen LogP contribution in [0.4, 0.5) is 0 Å². The Balaban J connectivity index is 3.06. The zero-order valence-electron chi connectivity index (χ0n) is 5.94. The summed E-state index contributed by atoms with van der Waals surface area (Å²) in [5.74, 6) is 0.0966. The van der Waals surface area contributed by atoms with Crippen molar-refractivity contribution in [3.05, 3.63) is 0 Å². The molecule has 0 radical (unpaired) electrons. The minimum atomic E-state index is 0.0966. The molecule has 0 amide bonds. The molecule has 0 heterocycles. The number of ketones is 1. The quantitative estimate of drug-likeness (QED) is 0.562. The number of Topliss-reactive ketones (excluding diaryl/α,β-unsaturated/α-hetero) is 1. The van der Waals surface area contributed by atoms with Crippen LogP contribution in [0.2, 0.25) is 0 Å². The minimum Gasteiger partial charge on any atom is -0.374 e. The van der Waals surface area contributed by atoms with E-state index in [2.05, 4.69) is 5.32 Å². The zero-order valence-corrected chi connectivity index (χ0v) is 5.94. The molecule has 3 heteroatoms. The van der Waals surface area contributed by atoms with Crippen LogP contribution in [-0.2, 0) is 9.53 Å². The second kappa shape index (κ2) is 5.72. The first-order valence-electron chi connectivity index (χ1n) is 3.05. The van der Waals surface area contributed by atoms with Crippen LogP contribution < -0.4 is 5.32 Å². The van der Waals surface area contributed by atoms with E-state index >= 15 is 0 Å². The summed E-state index contributed by atoms with van der Waals surface area (Å²) in [5.41, 5.74) is 0. The van der Waals surface area contributed by atoms with Crippen LogP contribution in [0.5, 0.6) is 0 Å². The number of likely N-dealkylation sites (N-methyl/N-ethyl adjacent to an activating group) is 1. The number of hydrogen-bond donors (Lipinski definition) is 1. The summed E-state index contributed by atoms with van der Waals surface area (Å²) in [4.78, 5) is 10.6. The number of nitrogens with one attached hydrogen (secondary N) is 1. The Morgan fingerprint density at radius 2 is 2.33 bits per heavy atom. The third kappa shape index (κ3) is 5.46. The lowest BCUT2D eigenvalue weighted by molar-refractivity contribution is -0.122. The highest BCUT2D eigenvalue weighted by molar-refractivity contribution is 5.81. The van der Waals surface area contributed by atoms with Gasteiger partial charge in [0.25, 0.3) is 0 Å². The first-order chi connectivity index (χ1) is 4.31. The molecule has 0 aliphatic rings. The summed E-state index contributed by atoms with van der Waals surface area (Å²) in [6, 6.07) is 0. The van der Waals surface area contributed by atoms with Gasteiger partial charge in [-0.25, -0.2) is 0 Å². The van der Waals surface area contributed by atoms with Crippen molar-refractivity contribution in [3.8, 4) is 0 Å². The Labute approximate surface area is 55.4 Å². The molecule has 0 aliphatic carbocycles. The van der Waals surface area contributed by atoms with Gasteiger partial charge in [-0.15, -0.1) is 0 Å². The zero-order chi connectivity index (χ0) is 7.11. The first-order valence-corrected chi connectivity index (χ1v) is 3.05. The number of carbonyl (C=O) groups is 1. The summed E-state index contributed by atoms with van der Waals surface area (Å²) in [6.45, 7) is 3.11. The lowest BCUT2D eigenvalue weighted by atomic mass is 10.4. The summed E-state index contributed by atoms with van der Waals surface area (Å²) >= 11 is 0. The highest BCUT2D eigenvalue weighted by Crippen LogP contribution is 1.74. The van der Waals surface area contributed by atoms with E-state index in [0.29, 0.717) is 13.2 Å². The highest BCUT2D eigenvalue weighted by atomic mass is 16.5. The van der Waals surface area contributed by atoms with Gasteiger partial charge in [-0.3, -0.25) is 4.79 Å². The fourth-order valence-corrected chi connectivity index (χ4v) is 0.464. The van der Waals surface area contributed by atoms with Gasteiger partial charge in [0.1, 0.15) is 6.61 Å². The maximum absolute atomic E-state index is 10.6. The van der Waals surface area contributed by atoms with E-state index in [9.17, 15) is 4.79 Å². The molecule has 0 aromatic heterocycles. The Hall–Kier alpha value is -0.410. The van der Waals surface area contributed by atoms with Crippen LogP contribution in [0.25, 0.3) is 0 Å². The largest absolute Gasteiger partial charge is 0.374 e. The fourth-order valence-electron chi connectivity index (χ4n) is 0.464.